The van der Waals surface area contributed by atoms with Gasteiger partial charge in [-0.3, -0.25) is 4.90 Å². The van der Waals surface area contributed by atoms with Crippen LogP contribution in [0, 0.1) is 0 Å². The van der Waals surface area contributed by atoms with Crippen LogP contribution in [-0.2, 0) is 10.0 Å². The van der Waals surface area contributed by atoms with Crippen LogP contribution in [0.1, 0.15) is 19.3 Å². The van der Waals surface area contributed by atoms with Gasteiger partial charge in [-0.25, -0.2) is 13.4 Å². The van der Waals surface area contributed by atoms with Gasteiger partial charge in [-0.1, -0.05) is 11.6 Å². The zero-order valence-electron chi connectivity index (χ0n) is 12.9. The summed E-state index contributed by atoms with van der Waals surface area (Å²) in [6, 6.07) is 2.42. The van der Waals surface area contributed by atoms with Crippen LogP contribution in [0.2, 0.25) is 5.02 Å². The van der Waals surface area contributed by atoms with Crippen LogP contribution in [0.25, 0.3) is 11.0 Å². The SMILES string of the molecule is CN1[C@H]2CC[C@H]1CN(S(=O)(=O)c1c[nH]c3nccc(Cl)c13)CC2. The van der Waals surface area contributed by atoms with Crippen LogP contribution in [0.5, 0.6) is 0 Å². The van der Waals surface area contributed by atoms with Crippen molar-refractivity contribution in [3.63, 3.8) is 0 Å². The number of nitrogens with one attached hydrogen (secondary N) is 1. The number of sulfonamides is 1. The van der Waals surface area contributed by atoms with Crippen molar-refractivity contribution in [3.8, 4) is 0 Å². The zero-order valence-corrected chi connectivity index (χ0v) is 14.4. The first-order valence-corrected chi connectivity index (χ1v) is 9.64. The summed E-state index contributed by atoms with van der Waals surface area (Å²) >= 11 is 6.22. The summed E-state index contributed by atoms with van der Waals surface area (Å²) in [7, 11) is -1.48. The molecule has 2 fully saturated rings. The van der Waals surface area contributed by atoms with E-state index in [1.165, 1.54) is 6.20 Å². The molecule has 2 saturated heterocycles. The molecule has 8 heteroatoms. The largest absolute Gasteiger partial charge is 0.345 e. The van der Waals surface area contributed by atoms with Gasteiger partial charge in [0.15, 0.2) is 0 Å². The molecule has 2 aromatic rings. The standard InChI is InChI=1S/C15H19ClN4O2S/c1-19-10-2-3-11(19)9-20(7-5-10)23(21,22)13-8-18-15-14(13)12(16)4-6-17-15/h4,6,8,10-11H,2-3,5,7,9H2,1H3,(H,17,18)/t10-,11-/m0/s1. The summed E-state index contributed by atoms with van der Waals surface area (Å²) < 4.78 is 27.9. The smallest absolute Gasteiger partial charge is 0.245 e. The van der Waals surface area contributed by atoms with Crippen molar-refractivity contribution in [2.45, 2.75) is 36.2 Å². The molecular formula is C15H19ClN4O2S. The van der Waals surface area contributed by atoms with E-state index >= 15 is 0 Å². The monoisotopic (exact) mass is 354 g/mol. The number of fused-ring (bicyclic) bond motifs is 3. The molecule has 0 saturated carbocycles. The molecule has 2 aliphatic rings. The minimum absolute atomic E-state index is 0.228. The predicted octanol–water partition coefficient (Wildman–Crippen LogP) is 2.07. The van der Waals surface area contributed by atoms with Gasteiger partial charge in [0, 0.05) is 37.6 Å². The lowest BCUT2D eigenvalue weighted by Crippen LogP contribution is -2.39. The molecule has 0 spiro atoms. The Kier molecular flexibility index (Phi) is 3.64. The Labute approximate surface area is 140 Å². The third kappa shape index (κ3) is 2.38. The molecule has 4 heterocycles. The highest BCUT2D eigenvalue weighted by molar-refractivity contribution is 7.89. The van der Waals surface area contributed by atoms with Gasteiger partial charge >= 0.3 is 0 Å². The van der Waals surface area contributed by atoms with Gasteiger partial charge in [-0.15, -0.1) is 0 Å². The third-order valence-electron chi connectivity index (χ3n) is 5.22. The molecule has 0 radical (unpaired) electrons. The lowest BCUT2D eigenvalue weighted by Gasteiger charge is -2.25. The number of hydrogen-bond donors (Lipinski definition) is 1. The summed E-state index contributed by atoms with van der Waals surface area (Å²) in [5, 5.41) is 0.889. The van der Waals surface area contributed by atoms with Crippen molar-refractivity contribution < 1.29 is 8.42 Å². The first kappa shape index (κ1) is 15.4. The van der Waals surface area contributed by atoms with Gasteiger partial charge in [0.2, 0.25) is 10.0 Å². The number of rotatable bonds is 2. The maximum absolute atomic E-state index is 13.2. The second-order valence-corrected chi connectivity index (χ2v) is 8.69. The number of aromatic nitrogens is 2. The second kappa shape index (κ2) is 5.44. The van der Waals surface area contributed by atoms with Gasteiger partial charge < -0.3 is 4.98 Å². The summed E-state index contributed by atoms with van der Waals surface area (Å²) in [4.78, 5) is 9.64. The molecule has 2 aliphatic heterocycles. The Bertz CT molecular complexity index is 850. The van der Waals surface area contributed by atoms with Crippen molar-refractivity contribution >= 4 is 32.7 Å². The third-order valence-corrected chi connectivity index (χ3v) is 7.42. The van der Waals surface area contributed by atoms with Crippen molar-refractivity contribution in [2.24, 2.45) is 0 Å². The Morgan fingerprint density at radius 3 is 2.91 bits per heavy atom. The fourth-order valence-electron chi connectivity index (χ4n) is 3.83. The Balaban J connectivity index is 1.75. The highest BCUT2D eigenvalue weighted by Crippen LogP contribution is 2.34. The fraction of sp³-hybridized carbons (Fsp3) is 0.533. The number of hydrogen-bond acceptors (Lipinski definition) is 4. The van der Waals surface area contributed by atoms with E-state index in [1.54, 1.807) is 16.6 Å². The fourth-order valence-corrected chi connectivity index (χ4v) is 5.79. The molecular weight excluding hydrogens is 336 g/mol. The molecule has 1 N–H and O–H groups in total. The lowest BCUT2D eigenvalue weighted by molar-refractivity contribution is 0.246. The van der Waals surface area contributed by atoms with E-state index in [0.717, 1.165) is 19.3 Å². The Morgan fingerprint density at radius 1 is 1.30 bits per heavy atom. The minimum atomic E-state index is -3.59. The highest BCUT2D eigenvalue weighted by atomic mass is 35.5. The van der Waals surface area contributed by atoms with Crippen molar-refractivity contribution in [1.29, 1.82) is 0 Å². The number of aromatic amines is 1. The average molecular weight is 355 g/mol. The molecule has 0 unspecified atom stereocenters. The van der Waals surface area contributed by atoms with Crippen LogP contribution in [0.15, 0.2) is 23.4 Å². The molecule has 6 nitrogen and oxygen atoms in total. The van der Waals surface area contributed by atoms with Crippen LogP contribution in [0.3, 0.4) is 0 Å². The van der Waals surface area contributed by atoms with Gasteiger partial charge in [0.1, 0.15) is 10.5 Å². The van der Waals surface area contributed by atoms with Crippen molar-refractivity contribution in [3.05, 3.63) is 23.5 Å². The lowest BCUT2D eigenvalue weighted by atomic mass is 10.1. The van der Waals surface area contributed by atoms with E-state index in [-0.39, 0.29) is 4.90 Å². The van der Waals surface area contributed by atoms with E-state index in [4.69, 9.17) is 11.6 Å². The van der Waals surface area contributed by atoms with E-state index in [9.17, 15) is 8.42 Å². The Hall–Kier alpha value is -1.15. The average Bonchev–Trinajstić information content (AvgIpc) is 3.02. The Morgan fingerprint density at radius 2 is 2.09 bits per heavy atom. The quantitative estimate of drug-likeness (QED) is 0.896. The first-order valence-electron chi connectivity index (χ1n) is 7.82. The predicted molar refractivity (Wildman–Crippen MR) is 89.1 cm³/mol. The van der Waals surface area contributed by atoms with E-state index in [1.807, 2.05) is 0 Å². The van der Waals surface area contributed by atoms with Crippen LogP contribution < -0.4 is 0 Å². The van der Waals surface area contributed by atoms with E-state index in [2.05, 4.69) is 21.9 Å². The number of pyridine rings is 1. The number of likely N-dealkylation sites (N-methyl/N-ethyl adjacent to an activating group) is 1. The van der Waals surface area contributed by atoms with Gasteiger partial charge in [0.05, 0.1) is 10.4 Å². The summed E-state index contributed by atoms with van der Waals surface area (Å²) in [6.45, 7) is 1.10. The second-order valence-electron chi connectivity index (χ2n) is 6.37. The molecule has 124 valence electrons. The topological polar surface area (TPSA) is 69.3 Å². The van der Waals surface area contributed by atoms with E-state index < -0.39 is 10.0 Å². The highest BCUT2D eigenvalue weighted by Gasteiger charge is 2.39. The molecule has 2 aromatic heterocycles. The molecule has 2 bridgehead atoms. The summed E-state index contributed by atoms with van der Waals surface area (Å²) in [5.74, 6) is 0. The molecule has 0 aliphatic carbocycles. The normalized spacial score (nSPS) is 26.7. The number of H-pyrrole nitrogens is 1. The van der Waals surface area contributed by atoms with Crippen molar-refractivity contribution in [2.75, 3.05) is 20.1 Å². The van der Waals surface area contributed by atoms with Gasteiger partial charge in [-0.05, 0) is 32.4 Å². The number of nitrogens with zero attached hydrogens (tertiary/aromatic N) is 3. The maximum Gasteiger partial charge on any atom is 0.245 e. The first-order chi connectivity index (χ1) is 11.0. The molecule has 4 rings (SSSR count). The molecule has 23 heavy (non-hydrogen) atoms. The summed E-state index contributed by atoms with van der Waals surface area (Å²) in [5.41, 5.74) is 0.504. The number of halogens is 1. The van der Waals surface area contributed by atoms with Crippen LogP contribution >= 0.6 is 11.6 Å². The van der Waals surface area contributed by atoms with Gasteiger partial charge in [-0.2, -0.15) is 4.31 Å². The van der Waals surface area contributed by atoms with Crippen LogP contribution in [-0.4, -0.2) is 59.8 Å². The van der Waals surface area contributed by atoms with Crippen molar-refractivity contribution in [1.82, 2.24) is 19.2 Å². The maximum atomic E-state index is 13.2. The molecule has 0 aromatic carbocycles. The zero-order chi connectivity index (χ0) is 16.2. The van der Waals surface area contributed by atoms with Crippen LogP contribution in [0.4, 0.5) is 0 Å². The molecule has 0 amide bonds. The molecule has 2 atom stereocenters. The van der Waals surface area contributed by atoms with E-state index in [0.29, 0.717) is 41.2 Å². The minimum Gasteiger partial charge on any atom is -0.345 e. The van der Waals surface area contributed by atoms with Gasteiger partial charge in [0.25, 0.3) is 0 Å². The summed E-state index contributed by atoms with van der Waals surface area (Å²) in [6.07, 6.45) is 6.17.